The Kier molecular flexibility index (Phi) is 4.92. The summed E-state index contributed by atoms with van der Waals surface area (Å²) in [5.74, 6) is 0. The molecule has 0 aromatic carbocycles. The van der Waals surface area contributed by atoms with E-state index in [0.717, 1.165) is 0 Å². The van der Waals surface area contributed by atoms with Gasteiger partial charge in [-0.05, 0) is 10.8 Å². The van der Waals surface area contributed by atoms with Crippen molar-refractivity contribution in [3.63, 3.8) is 0 Å². The van der Waals surface area contributed by atoms with E-state index in [9.17, 15) is 0 Å². The fraction of sp³-hybridized carbons (Fsp3) is 0. The van der Waals surface area contributed by atoms with Crippen molar-refractivity contribution >= 4 is 24.2 Å². The van der Waals surface area contributed by atoms with E-state index < -0.39 is 0 Å². The highest BCUT2D eigenvalue weighted by molar-refractivity contribution is 8.04. The summed E-state index contributed by atoms with van der Waals surface area (Å²) < 4.78 is 0. The van der Waals surface area contributed by atoms with E-state index in [1.54, 1.807) is 11.8 Å². The Morgan fingerprint density at radius 1 is 0.750 bits per heavy atom. The molecule has 1 heterocycles. The third-order valence-corrected chi connectivity index (χ3v) is 1.28. The van der Waals surface area contributed by atoms with Gasteiger partial charge in [-0.25, -0.2) is 0 Å². The summed E-state index contributed by atoms with van der Waals surface area (Å²) in [6.07, 6.45) is 8.06. The summed E-state index contributed by atoms with van der Waals surface area (Å²) >= 11 is 1.69. The lowest BCUT2D eigenvalue weighted by Gasteiger charge is -1.69. The van der Waals surface area contributed by atoms with Crippen molar-refractivity contribution in [3.05, 3.63) is 35.1 Å². The average molecular weight is 147 g/mol. The topological polar surface area (TPSA) is 0 Å². The van der Waals surface area contributed by atoms with Crippen LogP contribution in [0.25, 0.3) is 0 Å². The van der Waals surface area contributed by atoms with Crippen molar-refractivity contribution in [2.24, 2.45) is 0 Å². The zero-order chi connectivity index (χ0) is 4.95. The van der Waals surface area contributed by atoms with Crippen LogP contribution in [0.15, 0.2) is 35.1 Å². The zero-order valence-electron chi connectivity index (χ0n) is 4.28. The van der Waals surface area contributed by atoms with Crippen molar-refractivity contribution in [1.82, 2.24) is 0 Å². The minimum atomic E-state index is 0. The van der Waals surface area contributed by atoms with Crippen molar-refractivity contribution in [2.75, 3.05) is 0 Å². The van der Waals surface area contributed by atoms with E-state index in [2.05, 4.69) is 0 Å². The van der Waals surface area contributed by atoms with Gasteiger partial charge in [0.2, 0.25) is 0 Å². The molecule has 0 nitrogen and oxygen atoms in total. The van der Waals surface area contributed by atoms with Gasteiger partial charge in [0.25, 0.3) is 0 Å². The maximum absolute atomic E-state index is 2.04. The van der Waals surface area contributed by atoms with Crippen LogP contribution in [0.2, 0.25) is 0 Å². The fourth-order valence-electron chi connectivity index (χ4n) is 0.355. The molecule has 1 aliphatic heterocycles. The molecular weight excluding hydrogens is 140 g/mol. The number of hydrogen-bond donors (Lipinski definition) is 0. The Balaban J connectivity index is 0.000000490. The van der Waals surface area contributed by atoms with E-state index >= 15 is 0 Å². The number of hydrogen-bond acceptors (Lipinski definition) is 1. The molecule has 0 fully saturated rings. The smallest absolute Gasteiger partial charge is 0.0248 e. The molecule has 0 aromatic heterocycles. The van der Waals surface area contributed by atoms with E-state index in [1.807, 2.05) is 35.1 Å². The van der Waals surface area contributed by atoms with Gasteiger partial charge in [0, 0.05) is 0 Å². The predicted octanol–water partition coefficient (Wildman–Crippen LogP) is 2.74. The van der Waals surface area contributed by atoms with Gasteiger partial charge in [0.1, 0.15) is 0 Å². The third kappa shape index (κ3) is 2.94. The number of rotatable bonds is 0. The second-order valence-corrected chi connectivity index (χ2v) is 1.99. The van der Waals surface area contributed by atoms with E-state index in [4.69, 9.17) is 0 Å². The van der Waals surface area contributed by atoms with Crippen molar-refractivity contribution in [2.45, 2.75) is 0 Å². The highest BCUT2D eigenvalue weighted by Gasteiger charge is 1.70. The van der Waals surface area contributed by atoms with E-state index in [-0.39, 0.29) is 12.4 Å². The second-order valence-electron chi connectivity index (χ2n) is 1.18. The Labute approximate surface area is 59.8 Å². The van der Waals surface area contributed by atoms with Gasteiger partial charge >= 0.3 is 0 Å². The lowest BCUT2D eigenvalue weighted by atomic mass is 10.5. The minimum absolute atomic E-state index is 0. The molecule has 0 spiro atoms. The number of allylic oxidation sites excluding steroid dienone is 4. The van der Waals surface area contributed by atoms with Crippen molar-refractivity contribution in [3.8, 4) is 0 Å². The maximum atomic E-state index is 2.04. The standard InChI is InChI=1S/C6H6S.ClH/c1-2-4-6-7-5-3-1;/h1-6H;1H. The summed E-state index contributed by atoms with van der Waals surface area (Å²) in [6.45, 7) is 0. The molecule has 1 rings (SSSR count). The Morgan fingerprint density at radius 3 is 1.75 bits per heavy atom. The molecule has 1 aliphatic rings. The quantitative estimate of drug-likeness (QED) is 0.507. The van der Waals surface area contributed by atoms with Crippen LogP contribution in [-0.2, 0) is 0 Å². The summed E-state index contributed by atoms with van der Waals surface area (Å²) in [7, 11) is 0. The maximum Gasteiger partial charge on any atom is -0.0248 e. The average Bonchev–Trinajstić information content (AvgIpc) is 1.90. The number of thioether (sulfide) groups is 1. The molecule has 0 aliphatic carbocycles. The Bertz CT molecular complexity index is 110. The van der Waals surface area contributed by atoms with Gasteiger partial charge in [0.15, 0.2) is 0 Å². The van der Waals surface area contributed by atoms with Gasteiger partial charge in [-0.2, -0.15) is 0 Å². The number of halogens is 1. The van der Waals surface area contributed by atoms with Crippen LogP contribution in [0, 0.1) is 0 Å². The van der Waals surface area contributed by atoms with Crippen LogP contribution in [-0.4, -0.2) is 0 Å². The molecule has 44 valence electrons. The van der Waals surface area contributed by atoms with Crippen LogP contribution in [0.1, 0.15) is 0 Å². The van der Waals surface area contributed by atoms with Gasteiger partial charge in [0.05, 0.1) is 0 Å². The van der Waals surface area contributed by atoms with Crippen molar-refractivity contribution < 1.29 is 0 Å². The van der Waals surface area contributed by atoms with E-state index in [0.29, 0.717) is 0 Å². The lowest BCUT2D eigenvalue weighted by molar-refractivity contribution is 1.98. The Hall–Kier alpha value is -0.140. The first-order chi connectivity index (χ1) is 3.50. The van der Waals surface area contributed by atoms with E-state index in [1.165, 1.54) is 0 Å². The van der Waals surface area contributed by atoms with Gasteiger partial charge < -0.3 is 0 Å². The summed E-state index contributed by atoms with van der Waals surface area (Å²) in [5, 5.41) is 4.08. The molecular formula is C6H7ClS. The molecule has 0 bridgehead atoms. The third-order valence-electron chi connectivity index (χ3n) is 0.648. The summed E-state index contributed by atoms with van der Waals surface area (Å²) in [5.41, 5.74) is 0. The largest absolute Gasteiger partial charge is 0.147 e. The molecule has 0 unspecified atom stereocenters. The minimum Gasteiger partial charge on any atom is -0.147 e. The van der Waals surface area contributed by atoms with Crippen molar-refractivity contribution in [1.29, 1.82) is 0 Å². The fourth-order valence-corrected chi connectivity index (χ4v) is 0.809. The molecule has 0 radical (unpaired) electrons. The summed E-state index contributed by atoms with van der Waals surface area (Å²) in [6, 6.07) is 0. The molecule has 0 aromatic rings. The molecule has 0 amide bonds. The predicted molar refractivity (Wildman–Crippen MR) is 42.3 cm³/mol. The van der Waals surface area contributed by atoms with Crippen LogP contribution in [0.3, 0.4) is 0 Å². The first kappa shape index (κ1) is 7.86. The van der Waals surface area contributed by atoms with Gasteiger partial charge in [-0.3, -0.25) is 0 Å². The second kappa shape index (κ2) is 5.01. The van der Waals surface area contributed by atoms with Crippen LogP contribution >= 0.6 is 24.2 Å². The highest BCUT2D eigenvalue weighted by Crippen LogP contribution is 2.06. The van der Waals surface area contributed by atoms with Gasteiger partial charge in [-0.1, -0.05) is 24.3 Å². The molecule has 0 N–H and O–H groups in total. The molecule has 2 heteroatoms. The lowest BCUT2D eigenvalue weighted by Crippen LogP contribution is -1.38. The Morgan fingerprint density at radius 2 is 1.25 bits per heavy atom. The molecule has 0 saturated heterocycles. The zero-order valence-corrected chi connectivity index (χ0v) is 5.91. The molecule has 8 heavy (non-hydrogen) atoms. The highest BCUT2D eigenvalue weighted by atomic mass is 35.5. The van der Waals surface area contributed by atoms with Gasteiger partial charge in [-0.15, -0.1) is 24.2 Å². The first-order valence-corrected chi connectivity index (χ1v) is 3.08. The van der Waals surface area contributed by atoms with Crippen LogP contribution in [0.4, 0.5) is 0 Å². The molecule has 0 atom stereocenters. The first-order valence-electron chi connectivity index (χ1n) is 2.14. The monoisotopic (exact) mass is 146 g/mol. The molecule has 0 saturated carbocycles. The summed E-state index contributed by atoms with van der Waals surface area (Å²) in [4.78, 5) is 0. The normalized spacial score (nSPS) is 15.0. The van der Waals surface area contributed by atoms with Crippen LogP contribution < -0.4 is 0 Å². The van der Waals surface area contributed by atoms with Crippen LogP contribution in [0.5, 0.6) is 0 Å². The SMILES string of the molecule is C1=CC=CSC=C1.Cl.